The van der Waals surface area contributed by atoms with E-state index in [0.717, 1.165) is 12.1 Å². The van der Waals surface area contributed by atoms with Crippen molar-refractivity contribution in [3.05, 3.63) is 70.8 Å². The summed E-state index contributed by atoms with van der Waals surface area (Å²) in [7, 11) is 0. The minimum absolute atomic E-state index is 0.0210. The summed E-state index contributed by atoms with van der Waals surface area (Å²) in [6, 6.07) is 8.90. The molecular formula is C20H15ClF4N4O2. The summed E-state index contributed by atoms with van der Waals surface area (Å²) in [5.41, 5.74) is -2.45. The van der Waals surface area contributed by atoms with Crippen LogP contribution in [0.25, 0.3) is 5.69 Å². The van der Waals surface area contributed by atoms with Gasteiger partial charge in [-0.25, -0.2) is 9.07 Å². The number of alkyl halides is 3. The zero-order valence-corrected chi connectivity index (χ0v) is 16.7. The van der Waals surface area contributed by atoms with E-state index in [2.05, 4.69) is 15.7 Å². The molecule has 0 saturated carbocycles. The minimum Gasteiger partial charge on any atom is -0.326 e. The van der Waals surface area contributed by atoms with Crippen molar-refractivity contribution in [1.82, 2.24) is 9.78 Å². The van der Waals surface area contributed by atoms with Crippen LogP contribution >= 0.6 is 11.6 Å². The van der Waals surface area contributed by atoms with Crippen LogP contribution in [0.3, 0.4) is 0 Å². The maximum Gasteiger partial charge on any atom is 0.434 e. The van der Waals surface area contributed by atoms with Crippen molar-refractivity contribution in [1.29, 1.82) is 0 Å². The second-order valence-corrected chi connectivity index (χ2v) is 6.73. The summed E-state index contributed by atoms with van der Waals surface area (Å²) in [6.45, 7) is 1.64. The van der Waals surface area contributed by atoms with Crippen molar-refractivity contribution in [3.8, 4) is 5.69 Å². The molecule has 0 unspecified atom stereocenters. The number of hydrogen-bond donors (Lipinski definition) is 2. The third-order valence-corrected chi connectivity index (χ3v) is 4.51. The predicted octanol–water partition coefficient (Wildman–Crippen LogP) is 5.28. The number of amides is 2. The molecule has 0 bridgehead atoms. The fourth-order valence-corrected chi connectivity index (χ4v) is 2.90. The summed E-state index contributed by atoms with van der Waals surface area (Å²) in [6.07, 6.45) is -4.11. The van der Waals surface area contributed by atoms with E-state index in [9.17, 15) is 27.2 Å². The average molecular weight is 455 g/mol. The smallest absolute Gasteiger partial charge is 0.326 e. The number of hydrogen-bond acceptors (Lipinski definition) is 3. The maximum absolute atomic E-state index is 14.1. The van der Waals surface area contributed by atoms with Gasteiger partial charge in [0.2, 0.25) is 5.91 Å². The fourth-order valence-electron chi connectivity index (χ4n) is 2.73. The number of carbonyl (C=O) groups is 2. The molecule has 0 aliphatic rings. The first-order valence-corrected chi connectivity index (χ1v) is 9.30. The van der Waals surface area contributed by atoms with Crippen molar-refractivity contribution < 1.29 is 27.2 Å². The van der Waals surface area contributed by atoms with Gasteiger partial charge in [0.05, 0.1) is 22.5 Å². The number of halogens is 5. The van der Waals surface area contributed by atoms with Gasteiger partial charge in [0.1, 0.15) is 11.5 Å². The molecule has 11 heteroatoms. The molecule has 31 heavy (non-hydrogen) atoms. The molecule has 0 radical (unpaired) electrons. The SMILES string of the molecule is CCC(=O)Nc1ccc(Cl)c(NC(=O)c2cnn(-c3ccccc3F)c2C(F)(F)F)c1. The van der Waals surface area contributed by atoms with E-state index in [4.69, 9.17) is 11.6 Å². The third kappa shape index (κ3) is 4.85. The molecule has 2 N–H and O–H groups in total. The zero-order valence-electron chi connectivity index (χ0n) is 15.9. The van der Waals surface area contributed by atoms with Crippen molar-refractivity contribution in [2.24, 2.45) is 0 Å². The van der Waals surface area contributed by atoms with Crippen molar-refractivity contribution in [2.75, 3.05) is 10.6 Å². The number of rotatable bonds is 5. The second-order valence-electron chi connectivity index (χ2n) is 6.32. The summed E-state index contributed by atoms with van der Waals surface area (Å²) in [5.74, 6) is -2.40. The molecule has 6 nitrogen and oxygen atoms in total. The Morgan fingerprint density at radius 1 is 1.13 bits per heavy atom. The van der Waals surface area contributed by atoms with Crippen LogP contribution in [0.5, 0.6) is 0 Å². The molecule has 2 amide bonds. The van der Waals surface area contributed by atoms with E-state index in [-0.39, 0.29) is 23.0 Å². The van der Waals surface area contributed by atoms with E-state index in [0.29, 0.717) is 16.6 Å². The van der Waals surface area contributed by atoms with Gasteiger partial charge in [-0.15, -0.1) is 0 Å². The molecule has 162 valence electrons. The van der Waals surface area contributed by atoms with Gasteiger partial charge in [-0.1, -0.05) is 30.7 Å². The summed E-state index contributed by atoms with van der Waals surface area (Å²) in [5, 5.41) is 8.45. The first-order valence-electron chi connectivity index (χ1n) is 8.92. The van der Waals surface area contributed by atoms with Crippen molar-refractivity contribution >= 4 is 34.8 Å². The highest BCUT2D eigenvalue weighted by Gasteiger charge is 2.41. The Bertz CT molecular complexity index is 1140. The topological polar surface area (TPSA) is 76.0 Å². The van der Waals surface area contributed by atoms with E-state index in [1.807, 2.05) is 0 Å². The van der Waals surface area contributed by atoms with Crippen LogP contribution in [0.1, 0.15) is 29.4 Å². The Labute approximate surface area is 178 Å². The highest BCUT2D eigenvalue weighted by Crippen LogP contribution is 2.35. The standard InChI is InChI=1S/C20H15ClF4N4O2/c1-2-17(30)27-11-7-8-13(21)15(9-11)28-19(31)12-10-26-29(18(12)20(23,24)25)16-6-4-3-5-14(16)22/h3-10H,2H2,1H3,(H,27,30)(H,28,31). The molecule has 0 aliphatic carbocycles. The van der Waals surface area contributed by atoms with Gasteiger partial charge in [0.15, 0.2) is 5.69 Å². The van der Waals surface area contributed by atoms with Crippen molar-refractivity contribution in [2.45, 2.75) is 19.5 Å². The molecular weight excluding hydrogens is 440 g/mol. The molecule has 0 saturated heterocycles. The summed E-state index contributed by atoms with van der Waals surface area (Å²) < 4.78 is 55.6. The summed E-state index contributed by atoms with van der Waals surface area (Å²) in [4.78, 5) is 24.2. The van der Waals surface area contributed by atoms with Gasteiger partial charge in [-0.3, -0.25) is 9.59 Å². The lowest BCUT2D eigenvalue weighted by Crippen LogP contribution is -2.21. The molecule has 1 aromatic heterocycles. The van der Waals surface area contributed by atoms with Crippen LogP contribution < -0.4 is 10.6 Å². The molecule has 1 heterocycles. The van der Waals surface area contributed by atoms with E-state index < -0.39 is 34.8 Å². The number of carbonyl (C=O) groups excluding carboxylic acids is 2. The van der Waals surface area contributed by atoms with Crippen LogP contribution in [0.4, 0.5) is 28.9 Å². The van der Waals surface area contributed by atoms with Crippen LogP contribution in [-0.2, 0) is 11.0 Å². The first kappa shape index (κ1) is 22.3. The zero-order chi connectivity index (χ0) is 22.8. The summed E-state index contributed by atoms with van der Waals surface area (Å²) >= 11 is 6.03. The lowest BCUT2D eigenvalue weighted by atomic mass is 10.2. The van der Waals surface area contributed by atoms with Gasteiger partial charge in [-0.05, 0) is 30.3 Å². The number of anilines is 2. The van der Waals surface area contributed by atoms with Gasteiger partial charge in [-0.2, -0.15) is 18.3 Å². The quantitative estimate of drug-likeness (QED) is 0.515. The third-order valence-electron chi connectivity index (χ3n) is 4.18. The molecule has 3 aromatic rings. The highest BCUT2D eigenvalue weighted by molar-refractivity contribution is 6.34. The van der Waals surface area contributed by atoms with E-state index in [1.165, 1.54) is 30.3 Å². The Hall–Kier alpha value is -3.40. The van der Waals surface area contributed by atoms with Crippen LogP contribution in [-0.4, -0.2) is 21.6 Å². The predicted molar refractivity (Wildman–Crippen MR) is 107 cm³/mol. The largest absolute Gasteiger partial charge is 0.434 e. The molecule has 2 aromatic carbocycles. The normalized spacial score (nSPS) is 11.3. The number of para-hydroxylation sites is 1. The van der Waals surface area contributed by atoms with Gasteiger partial charge < -0.3 is 10.6 Å². The molecule has 0 spiro atoms. The van der Waals surface area contributed by atoms with Crippen LogP contribution in [0.2, 0.25) is 5.02 Å². The Morgan fingerprint density at radius 3 is 2.48 bits per heavy atom. The first-order chi connectivity index (χ1) is 14.6. The van der Waals surface area contributed by atoms with Gasteiger partial charge >= 0.3 is 6.18 Å². The Balaban J connectivity index is 1.99. The lowest BCUT2D eigenvalue weighted by molar-refractivity contribution is -0.143. The maximum atomic E-state index is 14.1. The Morgan fingerprint density at radius 2 is 1.84 bits per heavy atom. The highest BCUT2D eigenvalue weighted by atomic mass is 35.5. The van der Waals surface area contributed by atoms with E-state index in [1.54, 1.807) is 6.92 Å². The second kappa shape index (κ2) is 8.76. The monoisotopic (exact) mass is 454 g/mol. The van der Waals surface area contributed by atoms with E-state index >= 15 is 0 Å². The number of nitrogens with one attached hydrogen (secondary N) is 2. The van der Waals surface area contributed by atoms with Gasteiger partial charge in [0.25, 0.3) is 5.91 Å². The number of nitrogens with zero attached hydrogens (tertiary/aromatic N) is 2. The molecule has 3 rings (SSSR count). The number of benzene rings is 2. The number of aromatic nitrogens is 2. The molecule has 0 atom stereocenters. The van der Waals surface area contributed by atoms with Gasteiger partial charge in [0, 0.05) is 12.1 Å². The molecule has 0 fully saturated rings. The Kier molecular flexibility index (Phi) is 6.30. The minimum atomic E-state index is -5.01. The fraction of sp³-hybridized carbons (Fsp3) is 0.150. The van der Waals surface area contributed by atoms with Crippen LogP contribution in [0, 0.1) is 5.82 Å². The van der Waals surface area contributed by atoms with Crippen LogP contribution in [0.15, 0.2) is 48.7 Å². The average Bonchev–Trinajstić information content (AvgIpc) is 3.16. The van der Waals surface area contributed by atoms with Crippen molar-refractivity contribution in [3.63, 3.8) is 0 Å². The lowest BCUT2D eigenvalue weighted by Gasteiger charge is -2.14. The molecule has 0 aliphatic heterocycles.